The van der Waals surface area contributed by atoms with E-state index in [9.17, 15) is 9.90 Å². The van der Waals surface area contributed by atoms with Crippen LogP contribution in [0, 0.1) is 5.92 Å². The molecule has 45 heavy (non-hydrogen) atoms. The fourth-order valence-electron chi connectivity index (χ4n) is 6.30. The number of benzene rings is 5. The second kappa shape index (κ2) is 16.2. The smallest absolute Gasteiger partial charge is 0.313 e. The van der Waals surface area contributed by atoms with E-state index in [0.29, 0.717) is 6.42 Å². The van der Waals surface area contributed by atoms with Gasteiger partial charge in [-0.1, -0.05) is 153 Å². The molecule has 0 heterocycles. The Balaban J connectivity index is 1.27. The van der Waals surface area contributed by atoms with E-state index < -0.39 is 23.6 Å². The third-order valence-corrected chi connectivity index (χ3v) is 8.65. The molecule has 0 aliphatic rings. The molecule has 0 fully saturated rings. The Morgan fingerprint density at radius 3 is 1.80 bits per heavy atom. The van der Waals surface area contributed by atoms with E-state index in [1.807, 2.05) is 91.0 Å². The largest absolute Gasteiger partial charge is 0.466 e. The number of hydrogen-bond acceptors (Lipinski definition) is 4. The van der Waals surface area contributed by atoms with Crippen LogP contribution >= 0.6 is 0 Å². The van der Waals surface area contributed by atoms with Crippen LogP contribution in [0.2, 0.25) is 0 Å². The molecule has 232 valence electrons. The molecule has 4 nitrogen and oxygen atoms in total. The summed E-state index contributed by atoms with van der Waals surface area (Å²) >= 11 is 0. The van der Waals surface area contributed by atoms with E-state index >= 15 is 0 Å². The summed E-state index contributed by atoms with van der Waals surface area (Å²) in [6, 6.07) is 45.3. The number of aliphatic hydroxyl groups is 1. The van der Waals surface area contributed by atoms with Crippen molar-refractivity contribution in [2.24, 2.45) is 5.92 Å². The van der Waals surface area contributed by atoms with Crippen LogP contribution < -0.4 is 0 Å². The monoisotopic (exact) mass is 600 g/mol. The molecule has 0 spiro atoms. The van der Waals surface area contributed by atoms with Crippen LogP contribution in [0.4, 0.5) is 0 Å². The Bertz CT molecular complexity index is 1500. The van der Waals surface area contributed by atoms with Crippen molar-refractivity contribution in [1.29, 1.82) is 0 Å². The van der Waals surface area contributed by atoms with Crippen LogP contribution in [0.15, 0.2) is 133 Å². The third kappa shape index (κ3) is 7.89. The average Bonchev–Trinajstić information content (AvgIpc) is 3.09. The third-order valence-electron chi connectivity index (χ3n) is 8.65. The minimum absolute atomic E-state index is 0.0137. The lowest BCUT2D eigenvalue weighted by Gasteiger charge is -2.37. The SMILES string of the molecule is CCOC(=O)[C@H](COC(c1ccccc1)(c1ccccc1)c1ccccc1)[C@@H](O)CCCCCCc1cccc2ccccc12. The topological polar surface area (TPSA) is 55.8 Å². The lowest BCUT2D eigenvalue weighted by molar-refractivity contribution is -0.157. The summed E-state index contributed by atoms with van der Waals surface area (Å²) in [5.41, 5.74) is 3.25. The molecule has 0 amide bonds. The second-order valence-electron chi connectivity index (χ2n) is 11.6. The molecule has 2 atom stereocenters. The number of carbonyl (C=O) groups is 1. The average molecular weight is 601 g/mol. The predicted molar refractivity (Wildman–Crippen MR) is 182 cm³/mol. The first kappa shape index (κ1) is 32.2. The lowest BCUT2D eigenvalue weighted by Crippen LogP contribution is -2.40. The Kier molecular flexibility index (Phi) is 11.6. The number of carbonyl (C=O) groups excluding carboxylic acids is 1. The highest BCUT2D eigenvalue weighted by molar-refractivity contribution is 5.85. The number of hydrogen-bond donors (Lipinski definition) is 1. The van der Waals surface area contributed by atoms with Crippen molar-refractivity contribution < 1.29 is 19.4 Å². The first-order valence-corrected chi connectivity index (χ1v) is 16.3. The standard InChI is InChI=1S/C41H44O4/c1-2-44-40(43)38(39(42)30-15-4-3-8-19-32-21-18-22-33-20-16-17-29-37(32)33)31-45-41(34-23-9-5-10-24-34,35-25-11-6-12-26-35)36-27-13-7-14-28-36/h5-7,9-14,16-18,20-29,38-39,42H,2-4,8,15,19,30-31H2,1H3/t38-,39+/m1/s1. The Morgan fingerprint density at radius 2 is 1.20 bits per heavy atom. The molecule has 5 aromatic carbocycles. The zero-order chi connectivity index (χ0) is 31.3. The molecule has 0 aromatic heterocycles. The molecule has 5 aromatic rings. The fourth-order valence-corrected chi connectivity index (χ4v) is 6.30. The molecule has 0 bridgehead atoms. The van der Waals surface area contributed by atoms with Crippen molar-refractivity contribution in [2.75, 3.05) is 13.2 Å². The van der Waals surface area contributed by atoms with Crippen LogP contribution in [-0.4, -0.2) is 30.4 Å². The van der Waals surface area contributed by atoms with Gasteiger partial charge in [0.25, 0.3) is 0 Å². The molecule has 0 aliphatic heterocycles. The molecule has 0 aliphatic carbocycles. The number of aliphatic hydroxyl groups excluding tert-OH is 1. The maximum atomic E-state index is 13.2. The van der Waals surface area contributed by atoms with Gasteiger partial charge >= 0.3 is 5.97 Å². The summed E-state index contributed by atoms with van der Waals surface area (Å²) in [7, 11) is 0. The molecule has 1 N–H and O–H groups in total. The molecule has 5 rings (SSSR count). The van der Waals surface area contributed by atoms with E-state index in [1.54, 1.807) is 6.92 Å². The van der Waals surface area contributed by atoms with Gasteiger partial charge in [-0.05, 0) is 59.2 Å². The Morgan fingerprint density at radius 1 is 0.667 bits per heavy atom. The summed E-state index contributed by atoms with van der Waals surface area (Å²) < 4.78 is 12.4. The fraction of sp³-hybridized carbons (Fsp3) is 0.293. The number of unbranched alkanes of at least 4 members (excludes halogenated alkanes) is 3. The van der Waals surface area contributed by atoms with Gasteiger partial charge in [0.15, 0.2) is 0 Å². The highest BCUT2D eigenvalue weighted by Gasteiger charge is 2.40. The van der Waals surface area contributed by atoms with Gasteiger partial charge in [0, 0.05) is 0 Å². The number of esters is 1. The van der Waals surface area contributed by atoms with Gasteiger partial charge in [0.05, 0.1) is 19.3 Å². The Labute approximate surface area is 267 Å². The van der Waals surface area contributed by atoms with Gasteiger partial charge in [-0.2, -0.15) is 0 Å². The molecular weight excluding hydrogens is 556 g/mol. The highest BCUT2D eigenvalue weighted by atomic mass is 16.5. The molecule has 0 unspecified atom stereocenters. The van der Waals surface area contributed by atoms with Crippen LogP contribution in [0.1, 0.15) is 61.3 Å². The summed E-state index contributed by atoms with van der Waals surface area (Å²) in [6.07, 6.45) is 4.63. The number of aryl methyl sites for hydroxylation is 1. The zero-order valence-electron chi connectivity index (χ0n) is 26.2. The minimum Gasteiger partial charge on any atom is -0.466 e. The van der Waals surface area contributed by atoms with Crippen LogP contribution in [-0.2, 0) is 26.3 Å². The Hall–Kier alpha value is -4.25. The maximum absolute atomic E-state index is 13.2. The minimum atomic E-state index is -0.976. The number of rotatable bonds is 16. The first-order chi connectivity index (χ1) is 22.1. The number of ether oxygens (including phenoxy) is 2. The molecule has 0 saturated carbocycles. The zero-order valence-corrected chi connectivity index (χ0v) is 26.2. The molecular formula is C41H44O4. The van der Waals surface area contributed by atoms with Gasteiger partial charge in [-0.3, -0.25) is 4.79 Å². The van der Waals surface area contributed by atoms with Gasteiger partial charge in [0.1, 0.15) is 11.5 Å². The summed E-state index contributed by atoms with van der Waals surface area (Å²) in [6.45, 7) is 2.05. The summed E-state index contributed by atoms with van der Waals surface area (Å²) in [4.78, 5) is 13.2. The quantitative estimate of drug-likeness (QED) is 0.0698. The second-order valence-corrected chi connectivity index (χ2v) is 11.6. The van der Waals surface area contributed by atoms with Gasteiger partial charge < -0.3 is 14.6 Å². The van der Waals surface area contributed by atoms with Crippen molar-refractivity contribution in [1.82, 2.24) is 0 Å². The first-order valence-electron chi connectivity index (χ1n) is 16.3. The predicted octanol–water partition coefficient (Wildman–Crippen LogP) is 8.88. The van der Waals surface area contributed by atoms with E-state index in [0.717, 1.165) is 48.8 Å². The number of fused-ring (bicyclic) bond motifs is 1. The van der Waals surface area contributed by atoms with E-state index in [2.05, 4.69) is 42.5 Å². The van der Waals surface area contributed by atoms with Crippen molar-refractivity contribution in [3.05, 3.63) is 156 Å². The lowest BCUT2D eigenvalue weighted by atomic mass is 9.80. The normalized spacial score (nSPS) is 12.9. The summed E-state index contributed by atoms with van der Waals surface area (Å²) in [5.74, 6) is -1.24. The van der Waals surface area contributed by atoms with Crippen LogP contribution in [0.3, 0.4) is 0 Å². The molecule has 0 saturated heterocycles. The van der Waals surface area contributed by atoms with Crippen molar-refractivity contribution in [2.45, 2.75) is 57.2 Å². The van der Waals surface area contributed by atoms with Crippen LogP contribution in [0.25, 0.3) is 10.8 Å². The molecule has 4 heteroatoms. The van der Waals surface area contributed by atoms with Crippen LogP contribution in [0.5, 0.6) is 0 Å². The summed E-state index contributed by atoms with van der Waals surface area (Å²) in [5, 5.41) is 14.0. The van der Waals surface area contributed by atoms with Crippen molar-refractivity contribution in [3.8, 4) is 0 Å². The highest BCUT2D eigenvalue weighted by Crippen LogP contribution is 2.41. The van der Waals surface area contributed by atoms with E-state index in [1.165, 1.54) is 16.3 Å². The van der Waals surface area contributed by atoms with Gasteiger partial charge in [0.2, 0.25) is 0 Å². The van der Waals surface area contributed by atoms with E-state index in [4.69, 9.17) is 9.47 Å². The van der Waals surface area contributed by atoms with Gasteiger partial charge in [-0.15, -0.1) is 0 Å². The van der Waals surface area contributed by atoms with E-state index in [-0.39, 0.29) is 13.2 Å². The molecule has 0 radical (unpaired) electrons. The van der Waals surface area contributed by atoms with Crippen molar-refractivity contribution >= 4 is 16.7 Å². The van der Waals surface area contributed by atoms with Crippen molar-refractivity contribution in [3.63, 3.8) is 0 Å². The maximum Gasteiger partial charge on any atom is 0.313 e. The van der Waals surface area contributed by atoms with Gasteiger partial charge in [-0.25, -0.2) is 0 Å².